The molecule has 0 aliphatic heterocycles. The van der Waals surface area contributed by atoms with Crippen molar-refractivity contribution in [3.05, 3.63) is 77.7 Å². The van der Waals surface area contributed by atoms with Gasteiger partial charge in [-0.1, -0.05) is 36.4 Å². The standard InChI is InChI=1S/C22H20FN5O/c1-3-28-21-17(13-24-28)16(12-19(25-21)15-7-5-4-6-8-15)22(29)27-26-20-11-14(2)9-10-18(20)23/h4-13,26H,3H2,1-2H3,(H,27,29). The first-order valence-corrected chi connectivity index (χ1v) is 9.31. The number of hydrogen-bond acceptors (Lipinski definition) is 4. The Balaban J connectivity index is 1.72. The van der Waals surface area contributed by atoms with Crippen LogP contribution in [-0.4, -0.2) is 20.7 Å². The zero-order chi connectivity index (χ0) is 20.4. The molecule has 0 saturated carbocycles. The molecule has 2 N–H and O–H groups in total. The van der Waals surface area contributed by atoms with E-state index in [4.69, 9.17) is 4.98 Å². The Morgan fingerprint density at radius 3 is 2.69 bits per heavy atom. The van der Waals surface area contributed by atoms with E-state index in [-0.39, 0.29) is 5.69 Å². The summed E-state index contributed by atoms with van der Waals surface area (Å²) < 4.78 is 15.7. The van der Waals surface area contributed by atoms with Gasteiger partial charge in [-0.3, -0.25) is 15.6 Å². The molecule has 0 radical (unpaired) electrons. The fourth-order valence-corrected chi connectivity index (χ4v) is 3.15. The van der Waals surface area contributed by atoms with Gasteiger partial charge in [0, 0.05) is 12.1 Å². The molecule has 6 nitrogen and oxygen atoms in total. The molecule has 0 unspecified atom stereocenters. The largest absolute Gasteiger partial charge is 0.295 e. The molecule has 4 rings (SSSR count). The van der Waals surface area contributed by atoms with Gasteiger partial charge in [0.05, 0.1) is 28.5 Å². The van der Waals surface area contributed by atoms with Crippen LogP contribution in [0.4, 0.5) is 10.1 Å². The lowest BCUT2D eigenvalue weighted by molar-refractivity contribution is 0.0964. The smallest absolute Gasteiger partial charge is 0.270 e. The van der Waals surface area contributed by atoms with Crippen LogP contribution in [0.2, 0.25) is 0 Å². The fraction of sp³-hybridized carbons (Fsp3) is 0.136. The maximum Gasteiger partial charge on any atom is 0.270 e. The number of aryl methyl sites for hydroxylation is 2. The number of hydrazine groups is 1. The van der Waals surface area contributed by atoms with Crippen molar-refractivity contribution in [2.24, 2.45) is 0 Å². The second-order valence-electron chi connectivity index (χ2n) is 6.68. The van der Waals surface area contributed by atoms with Crippen molar-refractivity contribution in [1.82, 2.24) is 20.2 Å². The third-order valence-electron chi connectivity index (χ3n) is 4.66. The predicted octanol–water partition coefficient (Wildman–Crippen LogP) is 4.32. The van der Waals surface area contributed by atoms with Gasteiger partial charge in [0.1, 0.15) is 5.82 Å². The molecule has 4 aromatic rings. The number of fused-ring (bicyclic) bond motifs is 1. The first-order valence-electron chi connectivity index (χ1n) is 9.31. The normalized spacial score (nSPS) is 10.9. The molecule has 0 spiro atoms. The van der Waals surface area contributed by atoms with Gasteiger partial charge in [-0.05, 0) is 37.6 Å². The minimum Gasteiger partial charge on any atom is -0.295 e. The number of pyridine rings is 1. The molecule has 1 amide bonds. The van der Waals surface area contributed by atoms with Crippen LogP contribution in [0.15, 0.2) is 60.8 Å². The summed E-state index contributed by atoms with van der Waals surface area (Å²) in [4.78, 5) is 17.7. The Labute approximate surface area is 167 Å². The van der Waals surface area contributed by atoms with Gasteiger partial charge in [-0.25, -0.2) is 14.1 Å². The summed E-state index contributed by atoms with van der Waals surface area (Å²) in [5.74, 6) is -0.842. The highest BCUT2D eigenvalue weighted by Gasteiger charge is 2.17. The van der Waals surface area contributed by atoms with E-state index in [2.05, 4.69) is 16.0 Å². The number of benzene rings is 2. The van der Waals surface area contributed by atoms with Crippen LogP contribution in [-0.2, 0) is 6.54 Å². The minimum absolute atomic E-state index is 0.205. The second kappa shape index (κ2) is 7.71. The monoisotopic (exact) mass is 389 g/mol. The Morgan fingerprint density at radius 2 is 1.93 bits per heavy atom. The first kappa shape index (κ1) is 18.6. The van der Waals surface area contributed by atoms with Gasteiger partial charge < -0.3 is 0 Å². The number of aromatic nitrogens is 3. The summed E-state index contributed by atoms with van der Waals surface area (Å²) in [5.41, 5.74) is 8.94. The number of carbonyl (C=O) groups excluding carboxylic acids is 1. The molecule has 0 aliphatic carbocycles. The summed E-state index contributed by atoms with van der Waals surface area (Å²) >= 11 is 0. The van der Waals surface area contributed by atoms with Gasteiger partial charge >= 0.3 is 0 Å². The molecule has 7 heteroatoms. The van der Waals surface area contributed by atoms with Crippen molar-refractivity contribution in [1.29, 1.82) is 0 Å². The molecular weight excluding hydrogens is 369 g/mol. The zero-order valence-corrected chi connectivity index (χ0v) is 16.1. The minimum atomic E-state index is -0.445. The number of nitrogens with zero attached hydrogens (tertiary/aromatic N) is 3. The average molecular weight is 389 g/mol. The van der Waals surface area contributed by atoms with Crippen LogP contribution in [0.3, 0.4) is 0 Å². The second-order valence-corrected chi connectivity index (χ2v) is 6.68. The number of carbonyl (C=O) groups is 1. The molecule has 29 heavy (non-hydrogen) atoms. The third-order valence-corrected chi connectivity index (χ3v) is 4.66. The highest BCUT2D eigenvalue weighted by atomic mass is 19.1. The molecule has 0 bridgehead atoms. The van der Waals surface area contributed by atoms with Crippen molar-refractivity contribution in [2.45, 2.75) is 20.4 Å². The van der Waals surface area contributed by atoms with E-state index in [0.717, 1.165) is 11.1 Å². The molecule has 146 valence electrons. The van der Waals surface area contributed by atoms with E-state index in [9.17, 15) is 9.18 Å². The van der Waals surface area contributed by atoms with Gasteiger partial charge in [-0.15, -0.1) is 0 Å². The lowest BCUT2D eigenvalue weighted by Crippen LogP contribution is -2.30. The molecule has 2 aromatic carbocycles. The predicted molar refractivity (Wildman–Crippen MR) is 111 cm³/mol. The molecule has 0 atom stereocenters. The Hall–Kier alpha value is -3.74. The van der Waals surface area contributed by atoms with Crippen molar-refractivity contribution in [2.75, 3.05) is 5.43 Å². The summed E-state index contributed by atoms with van der Waals surface area (Å²) in [6, 6.07) is 16.0. The van der Waals surface area contributed by atoms with E-state index in [1.54, 1.807) is 29.1 Å². The average Bonchev–Trinajstić information content (AvgIpc) is 3.17. The van der Waals surface area contributed by atoms with Gasteiger partial charge in [0.15, 0.2) is 5.65 Å². The third kappa shape index (κ3) is 3.67. The molecule has 2 heterocycles. The Morgan fingerprint density at radius 1 is 1.14 bits per heavy atom. The van der Waals surface area contributed by atoms with Crippen LogP contribution in [0, 0.1) is 12.7 Å². The first-order chi connectivity index (χ1) is 14.1. The Bertz CT molecular complexity index is 1190. The lowest BCUT2D eigenvalue weighted by Gasteiger charge is -2.12. The number of rotatable bonds is 5. The van der Waals surface area contributed by atoms with Crippen LogP contribution in [0.5, 0.6) is 0 Å². The zero-order valence-electron chi connectivity index (χ0n) is 16.1. The van der Waals surface area contributed by atoms with Crippen molar-refractivity contribution >= 4 is 22.6 Å². The molecular formula is C22H20FN5O. The lowest BCUT2D eigenvalue weighted by atomic mass is 10.1. The maximum absolute atomic E-state index is 14.0. The van der Waals surface area contributed by atoms with Crippen LogP contribution < -0.4 is 10.9 Å². The van der Waals surface area contributed by atoms with Gasteiger partial charge in [0.2, 0.25) is 0 Å². The van der Waals surface area contributed by atoms with Gasteiger partial charge in [0.25, 0.3) is 5.91 Å². The van der Waals surface area contributed by atoms with Crippen molar-refractivity contribution < 1.29 is 9.18 Å². The van der Waals surface area contributed by atoms with Crippen LogP contribution >= 0.6 is 0 Å². The quantitative estimate of drug-likeness (QED) is 0.499. The van der Waals surface area contributed by atoms with Crippen LogP contribution in [0.1, 0.15) is 22.8 Å². The summed E-state index contributed by atoms with van der Waals surface area (Å²) in [6.45, 7) is 4.44. The Kier molecular flexibility index (Phi) is 4.95. The summed E-state index contributed by atoms with van der Waals surface area (Å²) in [7, 11) is 0. The number of amides is 1. The fourth-order valence-electron chi connectivity index (χ4n) is 3.15. The number of nitrogens with one attached hydrogen (secondary N) is 2. The summed E-state index contributed by atoms with van der Waals surface area (Å²) in [6.07, 6.45) is 1.63. The number of halogens is 1. The van der Waals surface area contributed by atoms with E-state index in [1.165, 1.54) is 6.07 Å². The van der Waals surface area contributed by atoms with E-state index < -0.39 is 11.7 Å². The van der Waals surface area contributed by atoms with E-state index >= 15 is 0 Å². The summed E-state index contributed by atoms with van der Waals surface area (Å²) in [5, 5.41) is 4.96. The molecule has 0 aliphatic rings. The van der Waals surface area contributed by atoms with Crippen molar-refractivity contribution in [3.63, 3.8) is 0 Å². The molecule has 0 fully saturated rings. The molecule has 0 saturated heterocycles. The molecule has 2 aromatic heterocycles. The van der Waals surface area contributed by atoms with Gasteiger partial charge in [-0.2, -0.15) is 5.10 Å². The SMILES string of the molecule is CCn1ncc2c(C(=O)NNc3cc(C)ccc3F)cc(-c3ccccc3)nc21. The number of hydrogen-bond donors (Lipinski definition) is 2. The van der Waals surface area contributed by atoms with E-state index in [1.807, 2.05) is 44.2 Å². The van der Waals surface area contributed by atoms with E-state index in [0.29, 0.717) is 28.8 Å². The highest BCUT2D eigenvalue weighted by molar-refractivity contribution is 6.06. The van der Waals surface area contributed by atoms with Crippen molar-refractivity contribution in [3.8, 4) is 11.3 Å². The number of anilines is 1. The van der Waals surface area contributed by atoms with Crippen LogP contribution in [0.25, 0.3) is 22.3 Å². The topological polar surface area (TPSA) is 71.8 Å². The maximum atomic E-state index is 14.0. The highest BCUT2D eigenvalue weighted by Crippen LogP contribution is 2.25.